The lowest BCUT2D eigenvalue weighted by atomic mass is 10.0. The third-order valence-electron chi connectivity index (χ3n) is 5.59. The number of likely N-dealkylation sites (tertiary alicyclic amines) is 1. The Hall–Kier alpha value is -3.06. The van der Waals surface area contributed by atoms with Gasteiger partial charge in [0, 0.05) is 37.8 Å². The zero-order chi connectivity index (χ0) is 19.7. The Morgan fingerprint density at radius 2 is 1.64 bits per heavy atom. The molecule has 0 spiro atoms. The molecule has 2 aliphatic heterocycles. The van der Waals surface area contributed by atoms with Crippen LogP contribution in [-0.4, -0.2) is 52.2 Å². The van der Waals surface area contributed by atoms with E-state index < -0.39 is 10.8 Å². The third kappa shape index (κ3) is 3.41. The van der Waals surface area contributed by atoms with Crippen LogP contribution in [0.2, 0.25) is 0 Å². The Kier molecular flexibility index (Phi) is 4.92. The molecule has 7 heteroatoms. The minimum Gasteiger partial charge on any atom is -0.303 e. The molecule has 1 fully saturated rings. The Bertz CT molecular complexity index is 921. The maximum absolute atomic E-state index is 12.7. The highest BCUT2D eigenvalue weighted by molar-refractivity contribution is 6.21. The van der Waals surface area contributed by atoms with Gasteiger partial charge in [0.05, 0.1) is 16.1 Å². The van der Waals surface area contributed by atoms with Crippen molar-refractivity contribution >= 4 is 17.5 Å². The normalized spacial score (nSPS) is 17.8. The van der Waals surface area contributed by atoms with Gasteiger partial charge in [0.15, 0.2) is 0 Å². The monoisotopic (exact) mass is 379 g/mol. The van der Waals surface area contributed by atoms with E-state index in [0.717, 1.165) is 38.9 Å². The number of amides is 2. The summed E-state index contributed by atoms with van der Waals surface area (Å²) in [5.74, 6) is -0.746. The fraction of sp³-hybridized carbons (Fsp3) is 0.333. The maximum Gasteiger partial charge on any atom is 0.270 e. The Balaban J connectivity index is 1.39. The third-order valence-corrected chi connectivity index (χ3v) is 5.59. The van der Waals surface area contributed by atoms with E-state index in [1.807, 2.05) is 18.2 Å². The summed E-state index contributed by atoms with van der Waals surface area (Å²) in [5, 5.41) is 11.0. The SMILES string of the molecule is O=C1c2ccc([N+](=O)[O-])cc2C(=O)N1C1CCN(CCc2ccccc2)CC1. The summed E-state index contributed by atoms with van der Waals surface area (Å²) in [6.45, 7) is 2.60. The van der Waals surface area contributed by atoms with E-state index in [4.69, 9.17) is 0 Å². The molecule has 0 bridgehead atoms. The van der Waals surface area contributed by atoms with Crippen LogP contribution in [0.15, 0.2) is 48.5 Å². The van der Waals surface area contributed by atoms with Gasteiger partial charge in [-0.15, -0.1) is 0 Å². The number of hydrogen-bond acceptors (Lipinski definition) is 5. The molecule has 0 saturated carbocycles. The fourth-order valence-electron chi connectivity index (χ4n) is 4.03. The lowest BCUT2D eigenvalue weighted by molar-refractivity contribution is -0.384. The summed E-state index contributed by atoms with van der Waals surface area (Å²) in [6.07, 6.45) is 2.42. The average molecular weight is 379 g/mol. The van der Waals surface area contributed by atoms with Crippen molar-refractivity contribution in [2.75, 3.05) is 19.6 Å². The molecule has 2 aromatic carbocycles. The van der Waals surface area contributed by atoms with Crippen molar-refractivity contribution in [2.24, 2.45) is 0 Å². The van der Waals surface area contributed by atoms with Crippen LogP contribution in [0.25, 0.3) is 0 Å². The van der Waals surface area contributed by atoms with Crippen molar-refractivity contribution in [2.45, 2.75) is 25.3 Å². The quantitative estimate of drug-likeness (QED) is 0.453. The molecule has 2 aliphatic rings. The van der Waals surface area contributed by atoms with E-state index in [1.165, 1.54) is 28.7 Å². The number of non-ortho nitro benzene ring substituents is 1. The van der Waals surface area contributed by atoms with Gasteiger partial charge < -0.3 is 4.90 Å². The standard InChI is InChI=1S/C21H21N3O4/c25-20-18-7-6-17(24(27)28)14-19(18)21(26)23(20)16-9-12-22(13-10-16)11-8-15-4-2-1-3-5-15/h1-7,14,16H,8-13H2. The van der Waals surface area contributed by atoms with E-state index in [9.17, 15) is 19.7 Å². The van der Waals surface area contributed by atoms with Crippen LogP contribution < -0.4 is 0 Å². The summed E-state index contributed by atoms with van der Waals surface area (Å²) in [5.41, 5.74) is 1.54. The van der Waals surface area contributed by atoms with Gasteiger partial charge in [0.25, 0.3) is 17.5 Å². The van der Waals surface area contributed by atoms with Gasteiger partial charge in [-0.2, -0.15) is 0 Å². The summed E-state index contributed by atoms with van der Waals surface area (Å²) >= 11 is 0. The smallest absolute Gasteiger partial charge is 0.270 e. The van der Waals surface area contributed by atoms with Gasteiger partial charge in [0.2, 0.25) is 0 Å². The number of imide groups is 1. The Morgan fingerprint density at radius 1 is 0.964 bits per heavy atom. The van der Waals surface area contributed by atoms with Crippen LogP contribution in [-0.2, 0) is 6.42 Å². The van der Waals surface area contributed by atoms with Crippen LogP contribution >= 0.6 is 0 Å². The van der Waals surface area contributed by atoms with Crippen LogP contribution in [0.4, 0.5) is 5.69 Å². The number of carbonyl (C=O) groups excluding carboxylic acids is 2. The van der Waals surface area contributed by atoms with Crippen molar-refractivity contribution < 1.29 is 14.5 Å². The molecule has 7 nitrogen and oxygen atoms in total. The van der Waals surface area contributed by atoms with Crippen molar-refractivity contribution in [3.8, 4) is 0 Å². The maximum atomic E-state index is 12.7. The van der Waals surface area contributed by atoms with Gasteiger partial charge in [-0.1, -0.05) is 30.3 Å². The first-order chi connectivity index (χ1) is 13.5. The largest absolute Gasteiger partial charge is 0.303 e. The van der Waals surface area contributed by atoms with Gasteiger partial charge >= 0.3 is 0 Å². The lowest BCUT2D eigenvalue weighted by Crippen LogP contribution is -2.47. The van der Waals surface area contributed by atoms with Gasteiger partial charge in [-0.25, -0.2) is 0 Å². The first kappa shape index (κ1) is 18.3. The number of carbonyl (C=O) groups is 2. The number of nitrogens with zero attached hydrogens (tertiary/aromatic N) is 3. The van der Waals surface area contributed by atoms with E-state index in [2.05, 4.69) is 17.0 Å². The van der Waals surface area contributed by atoms with Crippen LogP contribution in [0.1, 0.15) is 39.1 Å². The number of benzene rings is 2. The number of nitro groups is 1. The first-order valence-corrected chi connectivity index (χ1v) is 9.47. The highest BCUT2D eigenvalue weighted by atomic mass is 16.6. The molecule has 2 heterocycles. The molecule has 0 aromatic heterocycles. The van der Waals surface area contributed by atoms with Crippen molar-refractivity contribution in [1.82, 2.24) is 9.80 Å². The second kappa shape index (κ2) is 7.52. The van der Waals surface area contributed by atoms with Crippen molar-refractivity contribution in [3.63, 3.8) is 0 Å². The Morgan fingerprint density at radius 3 is 2.32 bits per heavy atom. The number of nitro benzene ring substituents is 1. The predicted molar refractivity (Wildman–Crippen MR) is 103 cm³/mol. The summed E-state index contributed by atoms with van der Waals surface area (Å²) in [4.78, 5) is 39.5. The molecule has 144 valence electrons. The first-order valence-electron chi connectivity index (χ1n) is 9.47. The van der Waals surface area contributed by atoms with Crippen LogP contribution in [0.3, 0.4) is 0 Å². The number of fused-ring (bicyclic) bond motifs is 1. The second-order valence-electron chi connectivity index (χ2n) is 7.28. The summed E-state index contributed by atoms with van der Waals surface area (Å²) in [6, 6.07) is 14.0. The fourth-order valence-corrected chi connectivity index (χ4v) is 4.03. The Labute approximate surface area is 162 Å². The topological polar surface area (TPSA) is 83.8 Å². The number of hydrogen-bond donors (Lipinski definition) is 0. The van der Waals surface area contributed by atoms with Gasteiger partial charge in [-0.05, 0) is 30.9 Å². The van der Waals surface area contributed by atoms with E-state index in [1.54, 1.807) is 0 Å². The highest BCUT2D eigenvalue weighted by Gasteiger charge is 2.41. The molecule has 0 N–H and O–H groups in total. The molecule has 2 aromatic rings. The minimum atomic E-state index is -0.550. The second-order valence-corrected chi connectivity index (χ2v) is 7.28. The molecule has 4 rings (SSSR count). The zero-order valence-electron chi connectivity index (χ0n) is 15.4. The molecule has 0 aliphatic carbocycles. The zero-order valence-corrected chi connectivity index (χ0v) is 15.4. The molecule has 28 heavy (non-hydrogen) atoms. The highest BCUT2D eigenvalue weighted by Crippen LogP contribution is 2.31. The lowest BCUT2D eigenvalue weighted by Gasteiger charge is -2.35. The van der Waals surface area contributed by atoms with Crippen LogP contribution in [0, 0.1) is 10.1 Å². The molecule has 0 unspecified atom stereocenters. The molecule has 0 radical (unpaired) electrons. The molecular formula is C21H21N3O4. The molecule has 0 atom stereocenters. The predicted octanol–water partition coefficient (Wildman–Crippen LogP) is 2.90. The summed E-state index contributed by atoms with van der Waals surface area (Å²) < 4.78 is 0. The average Bonchev–Trinajstić information content (AvgIpc) is 2.97. The van der Waals surface area contributed by atoms with E-state index >= 15 is 0 Å². The van der Waals surface area contributed by atoms with Gasteiger partial charge in [0.1, 0.15) is 0 Å². The van der Waals surface area contributed by atoms with Gasteiger partial charge in [-0.3, -0.25) is 24.6 Å². The number of piperidine rings is 1. The molecular weight excluding hydrogens is 358 g/mol. The van der Waals surface area contributed by atoms with Crippen LogP contribution in [0.5, 0.6) is 0 Å². The van der Waals surface area contributed by atoms with E-state index in [0.29, 0.717) is 0 Å². The van der Waals surface area contributed by atoms with E-state index in [-0.39, 0.29) is 28.8 Å². The molecule has 2 amide bonds. The van der Waals surface area contributed by atoms with Crippen molar-refractivity contribution in [3.05, 3.63) is 75.3 Å². The summed E-state index contributed by atoms with van der Waals surface area (Å²) in [7, 11) is 0. The van der Waals surface area contributed by atoms with Crippen molar-refractivity contribution in [1.29, 1.82) is 0 Å². The number of rotatable bonds is 5. The minimum absolute atomic E-state index is 0.144. The molecule has 1 saturated heterocycles.